The Morgan fingerprint density at radius 3 is 2.44 bits per heavy atom. The third-order valence-corrected chi connectivity index (χ3v) is 3.32. The summed E-state index contributed by atoms with van der Waals surface area (Å²) in [6, 6.07) is 13.0. The number of halogens is 3. The van der Waals surface area contributed by atoms with Crippen LogP contribution in [0.2, 0.25) is 0 Å². The Morgan fingerprint density at radius 1 is 1.16 bits per heavy atom. The molecule has 0 aliphatic rings. The molecule has 0 aromatic heterocycles. The van der Waals surface area contributed by atoms with E-state index in [0.29, 0.717) is 12.2 Å². The number of alkyl halides is 3. The van der Waals surface area contributed by atoms with Crippen LogP contribution < -0.4 is 10.1 Å². The van der Waals surface area contributed by atoms with Crippen molar-refractivity contribution >= 4 is 11.6 Å². The Morgan fingerprint density at radius 2 is 1.84 bits per heavy atom. The van der Waals surface area contributed by atoms with Crippen LogP contribution in [-0.4, -0.2) is 30.8 Å². The van der Waals surface area contributed by atoms with Crippen molar-refractivity contribution in [2.45, 2.75) is 19.8 Å². The van der Waals surface area contributed by atoms with Crippen LogP contribution in [0.15, 0.2) is 48.5 Å². The molecule has 0 fully saturated rings. The lowest BCUT2D eigenvalue weighted by Gasteiger charge is -2.17. The van der Waals surface area contributed by atoms with Crippen LogP contribution in [0.25, 0.3) is 0 Å². The minimum Gasteiger partial charge on any atom is -0.406 e. The molecule has 7 heteroatoms. The number of carbonyl (C=O) groups excluding carboxylic acids is 1. The minimum absolute atomic E-state index is 0.161. The number of carbonyl (C=O) groups is 1. The fraction of sp³-hybridized carbons (Fsp3) is 0.278. The van der Waals surface area contributed by atoms with Gasteiger partial charge in [0.1, 0.15) is 5.75 Å². The number of nitrogens with zero attached hydrogens (tertiary/aromatic N) is 1. The Balaban J connectivity index is 1.85. The SMILES string of the molecule is Cc1cccc(CN(C)CC(=O)Nc2ccc(OC(F)(F)F)cc2)c1. The van der Waals surface area contributed by atoms with Crippen molar-refractivity contribution in [3.63, 3.8) is 0 Å². The monoisotopic (exact) mass is 352 g/mol. The molecule has 0 saturated carbocycles. The summed E-state index contributed by atoms with van der Waals surface area (Å²) < 4.78 is 40.1. The molecule has 4 nitrogen and oxygen atoms in total. The molecule has 0 aliphatic heterocycles. The maximum atomic E-state index is 12.1. The first kappa shape index (κ1) is 18.8. The van der Waals surface area contributed by atoms with E-state index in [-0.39, 0.29) is 18.2 Å². The summed E-state index contributed by atoms with van der Waals surface area (Å²) in [6.07, 6.45) is -4.73. The van der Waals surface area contributed by atoms with Crippen LogP contribution in [0.1, 0.15) is 11.1 Å². The van der Waals surface area contributed by atoms with Gasteiger partial charge in [-0.3, -0.25) is 9.69 Å². The molecule has 0 atom stereocenters. The number of ether oxygens (including phenoxy) is 1. The molecular weight excluding hydrogens is 333 g/mol. The predicted octanol–water partition coefficient (Wildman–Crippen LogP) is 3.96. The number of likely N-dealkylation sites (N-methyl/N-ethyl adjacent to an activating group) is 1. The molecule has 25 heavy (non-hydrogen) atoms. The van der Waals surface area contributed by atoms with E-state index in [0.717, 1.165) is 23.3 Å². The molecule has 0 unspecified atom stereocenters. The maximum absolute atomic E-state index is 12.1. The van der Waals surface area contributed by atoms with Gasteiger partial charge in [0.15, 0.2) is 0 Å². The first-order valence-corrected chi connectivity index (χ1v) is 7.61. The highest BCUT2D eigenvalue weighted by molar-refractivity contribution is 5.92. The summed E-state index contributed by atoms with van der Waals surface area (Å²) in [5, 5.41) is 2.64. The average Bonchev–Trinajstić information content (AvgIpc) is 2.47. The van der Waals surface area contributed by atoms with E-state index in [4.69, 9.17) is 0 Å². The number of amides is 1. The highest BCUT2D eigenvalue weighted by Crippen LogP contribution is 2.23. The number of hydrogen-bond donors (Lipinski definition) is 1. The van der Waals surface area contributed by atoms with Gasteiger partial charge in [0.05, 0.1) is 6.54 Å². The lowest BCUT2D eigenvalue weighted by atomic mass is 10.1. The Labute approximate surface area is 144 Å². The molecule has 1 amide bonds. The first-order chi connectivity index (χ1) is 11.7. The van der Waals surface area contributed by atoms with Gasteiger partial charge < -0.3 is 10.1 Å². The van der Waals surface area contributed by atoms with Crippen molar-refractivity contribution in [1.29, 1.82) is 0 Å². The standard InChI is InChI=1S/C18H19F3N2O2/c1-13-4-3-5-14(10-13)11-23(2)12-17(24)22-15-6-8-16(9-7-15)25-18(19,20)21/h3-10H,11-12H2,1-2H3,(H,22,24). The zero-order valence-corrected chi connectivity index (χ0v) is 13.9. The fourth-order valence-electron chi connectivity index (χ4n) is 2.36. The van der Waals surface area contributed by atoms with E-state index in [9.17, 15) is 18.0 Å². The molecule has 134 valence electrons. The largest absolute Gasteiger partial charge is 0.573 e. The van der Waals surface area contributed by atoms with Crippen LogP contribution in [-0.2, 0) is 11.3 Å². The van der Waals surface area contributed by atoms with Crippen molar-refractivity contribution in [3.05, 3.63) is 59.7 Å². The van der Waals surface area contributed by atoms with Crippen LogP contribution in [0.4, 0.5) is 18.9 Å². The normalized spacial score (nSPS) is 11.4. The fourth-order valence-corrected chi connectivity index (χ4v) is 2.36. The molecule has 1 N–H and O–H groups in total. The molecule has 2 rings (SSSR count). The summed E-state index contributed by atoms with van der Waals surface area (Å²) in [7, 11) is 1.82. The number of rotatable bonds is 6. The second-order valence-electron chi connectivity index (χ2n) is 5.78. The summed E-state index contributed by atoms with van der Waals surface area (Å²) >= 11 is 0. The second kappa shape index (κ2) is 8.02. The molecule has 0 aliphatic carbocycles. The number of anilines is 1. The smallest absolute Gasteiger partial charge is 0.406 e. The molecule has 0 saturated heterocycles. The van der Waals surface area contributed by atoms with Gasteiger partial charge in [0.25, 0.3) is 0 Å². The summed E-state index contributed by atoms with van der Waals surface area (Å²) in [5.74, 6) is -0.582. The van der Waals surface area contributed by atoms with E-state index in [2.05, 4.69) is 10.1 Å². The van der Waals surface area contributed by atoms with Gasteiger partial charge in [-0.2, -0.15) is 0 Å². The number of aryl methyl sites for hydroxylation is 1. The second-order valence-corrected chi connectivity index (χ2v) is 5.78. The molecular formula is C18H19F3N2O2. The van der Waals surface area contributed by atoms with E-state index >= 15 is 0 Å². The lowest BCUT2D eigenvalue weighted by molar-refractivity contribution is -0.274. The van der Waals surface area contributed by atoms with Gasteiger partial charge in [-0.25, -0.2) is 0 Å². The van der Waals surface area contributed by atoms with Crippen LogP contribution in [0.3, 0.4) is 0 Å². The van der Waals surface area contributed by atoms with Crippen LogP contribution in [0, 0.1) is 6.92 Å². The quantitative estimate of drug-likeness (QED) is 0.855. The average molecular weight is 352 g/mol. The van der Waals surface area contributed by atoms with Crippen molar-refractivity contribution < 1.29 is 22.7 Å². The summed E-state index contributed by atoms with van der Waals surface area (Å²) in [4.78, 5) is 13.9. The molecule has 2 aromatic rings. The highest BCUT2D eigenvalue weighted by Gasteiger charge is 2.30. The summed E-state index contributed by atoms with van der Waals surface area (Å²) in [5.41, 5.74) is 2.66. The van der Waals surface area contributed by atoms with Crippen LogP contribution >= 0.6 is 0 Å². The molecule has 2 aromatic carbocycles. The van der Waals surface area contributed by atoms with E-state index in [1.807, 2.05) is 43.1 Å². The van der Waals surface area contributed by atoms with E-state index < -0.39 is 6.36 Å². The van der Waals surface area contributed by atoms with E-state index in [1.54, 1.807) is 0 Å². The van der Waals surface area contributed by atoms with Crippen molar-refractivity contribution in [3.8, 4) is 5.75 Å². The zero-order chi connectivity index (χ0) is 18.4. The van der Waals surface area contributed by atoms with Gasteiger partial charge in [-0.1, -0.05) is 29.8 Å². The number of nitrogens with one attached hydrogen (secondary N) is 1. The van der Waals surface area contributed by atoms with Crippen molar-refractivity contribution in [2.24, 2.45) is 0 Å². The van der Waals surface area contributed by atoms with Crippen LogP contribution in [0.5, 0.6) is 5.75 Å². The Bertz CT molecular complexity index is 715. The zero-order valence-electron chi connectivity index (χ0n) is 13.9. The van der Waals surface area contributed by atoms with Gasteiger partial charge in [0.2, 0.25) is 5.91 Å². The third-order valence-electron chi connectivity index (χ3n) is 3.32. The maximum Gasteiger partial charge on any atom is 0.573 e. The topological polar surface area (TPSA) is 41.6 Å². The molecule has 0 spiro atoms. The van der Waals surface area contributed by atoms with Gasteiger partial charge in [-0.15, -0.1) is 13.2 Å². The first-order valence-electron chi connectivity index (χ1n) is 7.61. The molecule has 0 radical (unpaired) electrons. The Kier molecular flexibility index (Phi) is 6.03. The lowest BCUT2D eigenvalue weighted by Crippen LogP contribution is -2.29. The van der Waals surface area contributed by atoms with E-state index in [1.165, 1.54) is 12.1 Å². The van der Waals surface area contributed by atoms with Crippen molar-refractivity contribution in [1.82, 2.24) is 4.90 Å². The number of benzene rings is 2. The highest BCUT2D eigenvalue weighted by atomic mass is 19.4. The predicted molar refractivity (Wildman–Crippen MR) is 89.3 cm³/mol. The van der Waals surface area contributed by atoms with Gasteiger partial charge >= 0.3 is 6.36 Å². The summed E-state index contributed by atoms with van der Waals surface area (Å²) in [6.45, 7) is 2.78. The van der Waals surface area contributed by atoms with Gasteiger partial charge in [-0.05, 0) is 43.8 Å². The Hall–Kier alpha value is -2.54. The minimum atomic E-state index is -4.73. The molecule has 0 bridgehead atoms. The van der Waals surface area contributed by atoms with Gasteiger partial charge in [0, 0.05) is 12.2 Å². The third kappa shape index (κ3) is 6.84. The molecule has 0 heterocycles. The van der Waals surface area contributed by atoms with Crippen molar-refractivity contribution in [2.75, 3.05) is 18.9 Å². The number of hydrogen-bond acceptors (Lipinski definition) is 3.